The van der Waals surface area contributed by atoms with Gasteiger partial charge in [0, 0.05) is 17.0 Å². The van der Waals surface area contributed by atoms with E-state index in [0.29, 0.717) is 11.1 Å². The molecule has 0 aromatic heterocycles. The number of benzene rings is 2. The Morgan fingerprint density at radius 1 is 1.11 bits per heavy atom. The van der Waals surface area contributed by atoms with Gasteiger partial charge in [-0.2, -0.15) is 13.2 Å². The Kier molecular flexibility index (Phi) is 5.49. The van der Waals surface area contributed by atoms with Crippen LogP contribution in [0.2, 0.25) is 5.02 Å². The van der Waals surface area contributed by atoms with Crippen molar-refractivity contribution in [3.8, 4) is 0 Å². The van der Waals surface area contributed by atoms with Gasteiger partial charge in [-0.25, -0.2) is 13.2 Å². The van der Waals surface area contributed by atoms with Crippen LogP contribution < -0.4 is 5.32 Å². The third-order valence-corrected chi connectivity index (χ3v) is 5.32. The van der Waals surface area contributed by atoms with Crippen LogP contribution in [0, 0.1) is 0 Å². The SMILES string of the molecule is CC(Nc1ccc(S(C)(=O)=O)cc1C(F)(F)F)(C(=O)O)c1ccc(Cl)cc1. The van der Waals surface area contributed by atoms with Crippen molar-refractivity contribution >= 4 is 33.1 Å². The number of rotatable bonds is 5. The molecule has 2 aromatic rings. The summed E-state index contributed by atoms with van der Waals surface area (Å²) in [6.45, 7) is 1.20. The van der Waals surface area contributed by atoms with Crippen LogP contribution in [-0.4, -0.2) is 25.7 Å². The summed E-state index contributed by atoms with van der Waals surface area (Å²) in [5.41, 5.74) is -3.60. The summed E-state index contributed by atoms with van der Waals surface area (Å²) >= 11 is 5.77. The van der Waals surface area contributed by atoms with Gasteiger partial charge < -0.3 is 10.4 Å². The van der Waals surface area contributed by atoms with E-state index in [-0.39, 0.29) is 5.56 Å². The average Bonchev–Trinajstić information content (AvgIpc) is 2.53. The average molecular weight is 422 g/mol. The Hall–Kier alpha value is -2.26. The van der Waals surface area contributed by atoms with E-state index >= 15 is 0 Å². The molecule has 5 nitrogen and oxygen atoms in total. The van der Waals surface area contributed by atoms with E-state index in [4.69, 9.17) is 11.6 Å². The fourth-order valence-electron chi connectivity index (χ4n) is 2.40. The normalized spacial score (nSPS) is 14.4. The minimum absolute atomic E-state index is 0.166. The zero-order valence-electron chi connectivity index (χ0n) is 14.1. The van der Waals surface area contributed by atoms with Crippen molar-refractivity contribution in [1.29, 1.82) is 0 Å². The largest absolute Gasteiger partial charge is 0.479 e. The molecule has 1 atom stereocenters. The summed E-state index contributed by atoms with van der Waals surface area (Å²) in [6.07, 6.45) is -4.12. The number of hydrogen-bond acceptors (Lipinski definition) is 4. The summed E-state index contributed by atoms with van der Waals surface area (Å²) in [7, 11) is -3.88. The van der Waals surface area contributed by atoms with Gasteiger partial charge in [-0.1, -0.05) is 23.7 Å². The number of anilines is 1. The number of carboxylic acids is 1. The van der Waals surface area contributed by atoms with Gasteiger partial charge >= 0.3 is 12.1 Å². The van der Waals surface area contributed by atoms with Crippen molar-refractivity contribution in [3.63, 3.8) is 0 Å². The molecular weight excluding hydrogens is 407 g/mol. The molecule has 0 radical (unpaired) electrons. The molecule has 27 heavy (non-hydrogen) atoms. The third-order valence-electron chi connectivity index (χ3n) is 3.96. The molecule has 0 spiro atoms. The Balaban J connectivity index is 2.62. The van der Waals surface area contributed by atoms with E-state index in [9.17, 15) is 31.5 Å². The van der Waals surface area contributed by atoms with Crippen molar-refractivity contribution in [2.24, 2.45) is 0 Å². The lowest BCUT2D eigenvalue weighted by Crippen LogP contribution is -2.41. The highest BCUT2D eigenvalue weighted by molar-refractivity contribution is 7.90. The van der Waals surface area contributed by atoms with Gasteiger partial charge in [-0.15, -0.1) is 0 Å². The van der Waals surface area contributed by atoms with Gasteiger partial charge in [-0.05, 0) is 42.8 Å². The van der Waals surface area contributed by atoms with E-state index in [0.717, 1.165) is 18.4 Å². The highest BCUT2D eigenvalue weighted by Crippen LogP contribution is 2.39. The molecule has 10 heteroatoms. The monoisotopic (exact) mass is 421 g/mol. The molecule has 0 saturated carbocycles. The number of hydrogen-bond donors (Lipinski definition) is 2. The molecule has 0 aliphatic rings. The first kappa shape index (κ1) is 21.0. The van der Waals surface area contributed by atoms with E-state index < -0.39 is 43.7 Å². The highest BCUT2D eigenvalue weighted by Gasteiger charge is 2.40. The summed E-state index contributed by atoms with van der Waals surface area (Å²) in [5.74, 6) is -1.43. The molecule has 0 saturated heterocycles. The molecule has 0 aliphatic heterocycles. The maximum Gasteiger partial charge on any atom is 0.418 e. The molecule has 0 aliphatic carbocycles. The molecule has 0 bridgehead atoms. The highest BCUT2D eigenvalue weighted by atomic mass is 35.5. The van der Waals surface area contributed by atoms with E-state index in [2.05, 4.69) is 5.32 Å². The topological polar surface area (TPSA) is 83.5 Å². The Morgan fingerprint density at radius 2 is 1.67 bits per heavy atom. The summed E-state index contributed by atoms with van der Waals surface area (Å²) in [4.78, 5) is 11.3. The van der Waals surface area contributed by atoms with Gasteiger partial charge in [0.25, 0.3) is 0 Å². The van der Waals surface area contributed by atoms with Crippen LogP contribution in [0.3, 0.4) is 0 Å². The van der Waals surface area contributed by atoms with Gasteiger partial charge in [-0.3, -0.25) is 0 Å². The molecule has 2 aromatic carbocycles. The summed E-state index contributed by atoms with van der Waals surface area (Å²) in [6, 6.07) is 7.94. The molecule has 2 N–H and O–H groups in total. The standard InChI is InChI=1S/C17H15ClF3NO4S/c1-16(15(23)24,10-3-5-11(18)6-4-10)22-14-8-7-12(27(2,25)26)9-13(14)17(19,20)21/h3-9,22H,1-2H3,(H,23,24). The fourth-order valence-corrected chi connectivity index (χ4v) is 3.17. The van der Waals surface area contributed by atoms with Crippen LogP contribution in [0.5, 0.6) is 0 Å². The first-order valence-corrected chi connectivity index (χ1v) is 9.71. The minimum atomic E-state index is -4.90. The molecule has 0 fully saturated rings. The van der Waals surface area contributed by atoms with E-state index in [1.54, 1.807) is 0 Å². The zero-order valence-corrected chi connectivity index (χ0v) is 15.7. The van der Waals surface area contributed by atoms with Crippen molar-refractivity contribution < 1.29 is 31.5 Å². The molecule has 0 amide bonds. The van der Waals surface area contributed by atoms with Gasteiger partial charge in [0.1, 0.15) is 0 Å². The molecule has 1 unspecified atom stereocenters. The van der Waals surface area contributed by atoms with Gasteiger partial charge in [0.2, 0.25) is 0 Å². The van der Waals surface area contributed by atoms with Crippen LogP contribution in [0.15, 0.2) is 47.4 Å². The summed E-state index contributed by atoms with van der Waals surface area (Å²) < 4.78 is 63.5. The van der Waals surface area contributed by atoms with Crippen molar-refractivity contribution in [1.82, 2.24) is 0 Å². The van der Waals surface area contributed by atoms with Crippen LogP contribution in [0.25, 0.3) is 0 Å². The number of alkyl halides is 3. The lowest BCUT2D eigenvalue weighted by molar-refractivity contribution is -0.143. The number of halogens is 4. The first-order valence-electron chi connectivity index (χ1n) is 7.44. The van der Waals surface area contributed by atoms with Crippen molar-refractivity contribution in [2.45, 2.75) is 23.5 Å². The van der Waals surface area contributed by atoms with E-state index in [1.807, 2.05) is 0 Å². The van der Waals surface area contributed by atoms with Gasteiger partial charge in [0.15, 0.2) is 15.4 Å². The lowest BCUT2D eigenvalue weighted by Gasteiger charge is -2.29. The maximum atomic E-state index is 13.4. The van der Waals surface area contributed by atoms with Crippen LogP contribution in [0.4, 0.5) is 18.9 Å². The van der Waals surface area contributed by atoms with Crippen LogP contribution in [0.1, 0.15) is 18.1 Å². The molecule has 2 rings (SSSR count). The number of sulfone groups is 1. The second kappa shape index (κ2) is 7.05. The zero-order chi connectivity index (χ0) is 20.6. The second-order valence-electron chi connectivity index (χ2n) is 6.04. The fraction of sp³-hybridized carbons (Fsp3) is 0.235. The first-order chi connectivity index (χ1) is 12.2. The van der Waals surface area contributed by atoms with Crippen LogP contribution in [-0.2, 0) is 26.3 Å². The van der Waals surface area contributed by atoms with E-state index in [1.165, 1.54) is 31.2 Å². The van der Waals surface area contributed by atoms with Crippen molar-refractivity contribution in [2.75, 3.05) is 11.6 Å². The number of carboxylic acid groups (broad SMARTS) is 1. The predicted molar refractivity (Wildman–Crippen MR) is 94.6 cm³/mol. The summed E-state index contributed by atoms with van der Waals surface area (Å²) in [5, 5.41) is 12.3. The maximum absolute atomic E-state index is 13.4. The number of nitrogens with one attached hydrogen (secondary N) is 1. The van der Waals surface area contributed by atoms with Crippen molar-refractivity contribution in [3.05, 3.63) is 58.6 Å². The molecular formula is C17H15ClF3NO4S. The Labute approximate surface area is 158 Å². The molecule has 146 valence electrons. The Morgan fingerprint density at radius 3 is 2.11 bits per heavy atom. The Bertz CT molecular complexity index is 975. The molecule has 0 heterocycles. The smallest absolute Gasteiger partial charge is 0.418 e. The minimum Gasteiger partial charge on any atom is -0.479 e. The quantitative estimate of drug-likeness (QED) is 0.756. The second-order valence-corrected chi connectivity index (χ2v) is 8.49. The number of carbonyl (C=O) groups is 1. The lowest BCUT2D eigenvalue weighted by atomic mass is 9.91. The number of aliphatic carboxylic acids is 1. The van der Waals surface area contributed by atoms with Gasteiger partial charge in [0.05, 0.1) is 10.5 Å². The third kappa shape index (κ3) is 4.54. The van der Waals surface area contributed by atoms with Crippen LogP contribution >= 0.6 is 11.6 Å². The predicted octanol–water partition coefficient (Wildman–Crippen LogP) is 4.17.